The number of hydrogen-bond acceptors (Lipinski definition) is 4. The fourth-order valence-electron chi connectivity index (χ4n) is 0.809. The average molecular weight is 181 g/mol. The Labute approximate surface area is 75.8 Å². The molecule has 1 rings (SSSR count). The van der Waals surface area contributed by atoms with Crippen molar-refractivity contribution in [1.29, 1.82) is 0 Å². The van der Waals surface area contributed by atoms with E-state index in [2.05, 4.69) is 15.5 Å². The quantitative estimate of drug-likeness (QED) is 0.678. The van der Waals surface area contributed by atoms with E-state index >= 15 is 0 Å². The van der Waals surface area contributed by atoms with Crippen LogP contribution >= 0.6 is 0 Å². The van der Waals surface area contributed by atoms with Crippen LogP contribution < -0.4 is 5.32 Å². The van der Waals surface area contributed by atoms with E-state index in [1.807, 2.05) is 0 Å². The highest BCUT2D eigenvalue weighted by atomic mass is 16.5. The molecule has 0 radical (unpaired) electrons. The van der Waals surface area contributed by atoms with Crippen molar-refractivity contribution in [2.75, 3.05) is 6.54 Å². The first-order valence-electron chi connectivity index (χ1n) is 3.99. The lowest BCUT2D eigenvalue weighted by Gasteiger charge is -1.97. The summed E-state index contributed by atoms with van der Waals surface area (Å²) in [7, 11) is 0. The van der Waals surface area contributed by atoms with Crippen molar-refractivity contribution >= 4 is 5.91 Å². The first-order chi connectivity index (χ1) is 6.33. The summed E-state index contributed by atoms with van der Waals surface area (Å²) in [6.45, 7) is 2.29. The normalized spacial score (nSPS) is 10.5. The van der Waals surface area contributed by atoms with E-state index in [9.17, 15) is 4.79 Å². The molecule has 0 spiro atoms. The van der Waals surface area contributed by atoms with Crippen molar-refractivity contribution < 1.29 is 9.32 Å². The predicted octanol–water partition coefficient (Wildman–Crippen LogP) is 0.304. The smallest absolute Gasteiger partial charge is 0.243 e. The van der Waals surface area contributed by atoms with Gasteiger partial charge in [0.2, 0.25) is 11.8 Å². The third kappa shape index (κ3) is 3.50. The Bertz CT molecular complexity index is 280. The Hall–Kier alpha value is -1.65. The van der Waals surface area contributed by atoms with Gasteiger partial charge in [0, 0.05) is 13.0 Å². The van der Waals surface area contributed by atoms with E-state index in [1.165, 1.54) is 12.4 Å². The van der Waals surface area contributed by atoms with Crippen molar-refractivity contribution in [3.63, 3.8) is 0 Å². The number of aromatic nitrogens is 2. The minimum absolute atomic E-state index is 0.109. The summed E-state index contributed by atoms with van der Waals surface area (Å²) in [4.78, 5) is 14.7. The topological polar surface area (TPSA) is 68.0 Å². The zero-order valence-electron chi connectivity index (χ0n) is 7.36. The van der Waals surface area contributed by atoms with Crippen LogP contribution in [0.25, 0.3) is 0 Å². The number of allylic oxidation sites excluding steroid dienone is 1. The Morgan fingerprint density at radius 2 is 2.62 bits per heavy atom. The first kappa shape index (κ1) is 9.44. The molecule has 0 saturated carbocycles. The maximum absolute atomic E-state index is 10.9. The van der Waals surface area contributed by atoms with Crippen LogP contribution in [-0.4, -0.2) is 22.6 Å². The SMILES string of the molecule is C/C=C/C(=O)NCCc1ncno1. The van der Waals surface area contributed by atoms with Gasteiger partial charge in [-0.3, -0.25) is 4.79 Å². The number of nitrogens with zero attached hydrogens (tertiary/aromatic N) is 2. The molecule has 0 saturated heterocycles. The summed E-state index contributed by atoms with van der Waals surface area (Å²) in [5.41, 5.74) is 0. The van der Waals surface area contributed by atoms with Crippen molar-refractivity contribution in [1.82, 2.24) is 15.5 Å². The van der Waals surface area contributed by atoms with Gasteiger partial charge in [0.05, 0.1) is 0 Å². The minimum Gasteiger partial charge on any atom is -0.352 e. The third-order valence-corrected chi connectivity index (χ3v) is 1.36. The highest BCUT2D eigenvalue weighted by molar-refractivity contribution is 5.87. The number of amides is 1. The van der Waals surface area contributed by atoms with Crippen LogP contribution in [0.4, 0.5) is 0 Å². The van der Waals surface area contributed by atoms with E-state index in [0.717, 1.165) is 0 Å². The molecular formula is C8H11N3O2. The second-order valence-electron chi connectivity index (χ2n) is 2.38. The number of carbonyl (C=O) groups is 1. The lowest BCUT2D eigenvalue weighted by Crippen LogP contribution is -2.23. The van der Waals surface area contributed by atoms with Crippen LogP contribution in [0.1, 0.15) is 12.8 Å². The molecule has 0 aliphatic rings. The van der Waals surface area contributed by atoms with E-state index in [4.69, 9.17) is 4.52 Å². The molecule has 0 unspecified atom stereocenters. The molecule has 0 atom stereocenters. The van der Waals surface area contributed by atoms with Crippen molar-refractivity contribution in [2.24, 2.45) is 0 Å². The van der Waals surface area contributed by atoms with E-state index in [0.29, 0.717) is 18.9 Å². The fourth-order valence-corrected chi connectivity index (χ4v) is 0.809. The van der Waals surface area contributed by atoms with E-state index in [-0.39, 0.29) is 5.91 Å². The minimum atomic E-state index is -0.109. The van der Waals surface area contributed by atoms with Crippen LogP contribution in [-0.2, 0) is 11.2 Å². The molecule has 5 nitrogen and oxygen atoms in total. The van der Waals surface area contributed by atoms with Gasteiger partial charge in [-0.05, 0) is 13.0 Å². The molecule has 1 N–H and O–H groups in total. The van der Waals surface area contributed by atoms with Gasteiger partial charge in [-0.1, -0.05) is 11.2 Å². The monoisotopic (exact) mass is 181 g/mol. The Kier molecular flexibility index (Phi) is 3.69. The van der Waals surface area contributed by atoms with Gasteiger partial charge in [-0.15, -0.1) is 0 Å². The zero-order valence-corrected chi connectivity index (χ0v) is 7.36. The van der Waals surface area contributed by atoms with Crippen molar-refractivity contribution in [2.45, 2.75) is 13.3 Å². The second-order valence-corrected chi connectivity index (χ2v) is 2.38. The molecule has 13 heavy (non-hydrogen) atoms. The molecule has 0 aliphatic heterocycles. The van der Waals surface area contributed by atoms with Crippen LogP contribution in [0.3, 0.4) is 0 Å². The number of rotatable bonds is 4. The maximum atomic E-state index is 10.9. The molecular weight excluding hydrogens is 170 g/mol. The molecule has 70 valence electrons. The third-order valence-electron chi connectivity index (χ3n) is 1.36. The van der Waals surface area contributed by atoms with E-state index in [1.54, 1.807) is 13.0 Å². The molecule has 1 amide bonds. The fraction of sp³-hybridized carbons (Fsp3) is 0.375. The van der Waals surface area contributed by atoms with Gasteiger partial charge in [-0.25, -0.2) is 0 Å². The summed E-state index contributed by atoms with van der Waals surface area (Å²) in [6, 6.07) is 0. The number of hydrogen-bond donors (Lipinski definition) is 1. The predicted molar refractivity (Wildman–Crippen MR) is 45.8 cm³/mol. The summed E-state index contributed by atoms with van der Waals surface area (Å²) in [6.07, 6.45) is 5.04. The number of carbonyl (C=O) groups excluding carboxylic acids is 1. The lowest BCUT2D eigenvalue weighted by molar-refractivity contribution is -0.116. The van der Waals surface area contributed by atoms with Gasteiger partial charge in [0.15, 0.2) is 6.33 Å². The molecule has 0 bridgehead atoms. The van der Waals surface area contributed by atoms with Gasteiger partial charge >= 0.3 is 0 Å². The molecule has 1 heterocycles. The first-order valence-corrected chi connectivity index (χ1v) is 3.99. The summed E-state index contributed by atoms with van der Waals surface area (Å²) in [5.74, 6) is 0.419. The van der Waals surface area contributed by atoms with Gasteiger partial charge in [-0.2, -0.15) is 4.98 Å². The Morgan fingerprint density at radius 1 is 1.77 bits per heavy atom. The van der Waals surface area contributed by atoms with Crippen molar-refractivity contribution in [3.05, 3.63) is 24.4 Å². The highest BCUT2D eigenvalue weighted by Crippen LogP contribution is 1.90. The van der Waals surface area contributed by atoms with Crippen LogP contribution in [0.2, 0.25) is 0 Å². The molecule has 1 aromatic rings. The second kappa shape index (κ2) is 5.08. The molecule has 0 aromatic carbocycles. The summed E-state index contributed by atoms with van der Waals surface area (Å²) in [5, 5.41) is 6.11. The summed E-state index contributed by atoms with van der Waals surface area (Å²) < 4.78 is 4.74. The summed E-state index contributed by atoms with van der Waals surface area (Å²) >= 11 is 0. The van der Waals surface area contributed by atoms with Crippen LogP contribution in [0.15, 0.2) is 23.0 Å². The van der Waals surface area contributed by atoms with E-state index < -0.39 is 0 Å². The average Bonchev–Trinajstić information content (AvgIpc) is 2.57. The molecule has 0 aliphatic carbocycles. The molecule has 5 heteroatoms. The largest absolute Gasteiger partial charge is 0.352 e. The number of nitrogens with one attached hydrogen (secondary N) is 1. The standard InChI is InChI=1S/C8H11N3O2/c1-2-3-7(12)9-5-4-8-10-6-11-13-8/h2-3,6H,4-5H2,1H3,(H,9,12)/b3-2+. The zero-order chi connectivity index (χ0) is 9.52. The highest BCUT2D eigenvalue weighted by Gasteiger charge is 1.99. The van der Waals surface area contributed by atoms with Gasteiger partial charge in [0.1, 0.15) is 0 Å². The Balaban J connectivity index is 2.18. The molecule has 1 aromatic heterocycles. The Morgan fingerprint density at radius 3 is 3.23 bits per heavy atom. The molecule has 0 fully saturated rings. The van der Waals surface area contributed by atoms with Crippen LogP contribution in [0.5, 0.6) is 0 Å². The van der Waals surface area contributed by atoms with Crippen LogP contribution in [0, 0.1) is 0 Å². The van der Waals surface area contributed by atoms with Gasteiger partial charge in [0.25, 0.3) is 0 Å². The van der Waals surface area contributed by atoms with Gasteiger partial charge < -0.3 is 9.84 Å². The maximum Gasteiger partial charge on any atom is 0.243 e. The lowest BCUT2D eigenvalue weighted by atomic mass is 10.4. The van der Waals surface area contributed by atoms with Crippen molar-refractivity contribution in [3.8, 4) is 0 Å².